The number of benzene rings is 3. The molecule has 0 spiro atoms. The van der Waals surface area contributed by atoms with E-state index in [2.05, 4.69) is 5.32 Å². The standard InChI is InChI=1S/C25H24ClF3N2O5S/c1-16(17-9-12-22(35-2)23(13-17)36-3)30-24(32)15-31(37(33,34)19-7-5-4-6-8-19)18-10-11-21(26)20(14-18)25(27,28)29/h4-14,16H,15H2,1-3H3,(H,30,32)/t16-/m0/s1. The fourth-order valence-corrected chi connectivity index (χ4v) is 5.20. The van der Waals surface area contributed by atoms with Crippen LogP contribution in [-0.4, -0.2) is 35.1 Å². The summed E-state index contributed by atoms with van der Waals surface area (Å²) in [6, 6.07) is 14.1. The molecule has 0 aliphatic heterocycles. The molecular weight excluding hydrogens is 533 g/mol. The molecule has 0 aromatic heterocycles. The molecule has 0 fully saturated rings. The number of amides is 1. The summed E-state index contributed by atoms with van der Waals surface area (Å²) in [5, 5.41) is 2.08. The molecule has 0 saturated heterocycles. The first kappa shape index (κ1) is 28.1. The highest BCUT2D eigenvalue weighted by atomic mass is 35.5. The van der Waals surface area contributed by atoms with E-state index in [0.29, 0.717) is 27.4 Å². The zero-order chi connectivity index (χ0) is 27.4. The predicted octanol–water partition coefficient (Wildman–Crippen LogP) is 5.45. The van der Waals surface area contributed by atoms with Crippen LogP contribution in [0.3, 0.4) is 0 Å². The van der Waals surface area contributed by atoms with Gasteiger partial charge in [0.05, 0.1) is 41.4 Å². The molecule has 0 aliphatic carbocycles. The summed E-state index contributed by atoms with van der Waals surface area (Å²) < 4.78 is 78.4. The number of anilines is 1. The monoisotopic (exact) mass is 556 g/mol. The highest BCUT2D eigenvalue weighted by Gasteiger charge is 2.35. The fraction of sp³-hybridized carbons (Fsp3) is 0.240. The zero-order valence-electron chi connectivity index (χ0n) is 20.0. The Bertz CT molecular complexity index is 1370. The largest absolute Gasteiger partial charge is 0.493 e. The van der Waals surface area contributed by atoms with Crippen molar-refractivity contribution in [2.75, 3.05) is 25.1 Å². The van der Waals surface area contributed by atoms with Crippen molar-refractivity contribution in [2.24, 2.45) is 0 Å². The van der Waals surface area contributed by atoms with Gasteiger partial charge in [0.15, 0.2) is 11.5 Å². The van der Waals surface area contributed by atoms with Crippen LogP contribution >= 0.6 is 11.6 Å². The Hall–Kier alpha value is -3.44. The number of rotatable bonds is 9. The summed E-state index contributed by atoms with van der Waals surface area (Å²) >= 11 is 5.72. The van der Waals surface area contributed by atoms with Gasteiger partial charge in [-0.3, -0.25) is 9.10 Å². The van der Waals surface area contributed by atoms with Crippen LogP contribution in [0.2, 0.25) is 5.02 Å². The molecule has 1 amide bonds. The number of sulfonamides is 1. The van der Waals surface area contributed by atoms with Crippen molar-refractivity contribution in [3.05, 3.63) is 82.9 Å². The molecule has 1 atom stereocenters. The van der Waals surface area contributed by atoms with Crippen molar-refractivity contribution in [2.45, 2.75) is 24.0 Å². The third-order valence-corrected chi connectivity index (χ3v) is 7.56. The van der Waals surface area contributed by atoms with Gasteiger partial charge in [0, 0.05) is 0 Å². The molecule has 12 heteroatoms. The van der Waals surface area contributed by atoms with Gasteiger partial charge >= 0.3 is 6.18 Å². The minimum atomic E-state index is -4.83. The average molecular weight is 557 g/mol. The van der Waals surface area contributed by atoms with Gasteiger partial charge in [-0.2, -0.15) is 13.2 Å². The minimum Gasteiger partial charge on any atom is -0.493 e. The van der Waals surface area contributed by atoms with Crippen molar-refractivity contribution in [1.29, 1.82) is 0 Å². The van der Waals surface area contributed by atoms with Crippen molar-refractivity contribution in [1.82, 2.24) is 5.32 Å². The summed E-state index contributed by atoms with van der Waals surface area (Å²) in [5.74, 6) is 0.161. The van der Waals surface area contributed by atoms with E-state index in [1.54, 1.807) is 31.2 Å². The molecule has 0 aliphatic rings. The number of alkyl halides is 3. The first-order valence-corrected chi connectivity index (χ1v) is 12.7. The summed E-state index contributed by atoms with van der Waals surface area (Å²) in [6.07, 6.45) is -4.83. The average Bonchev–Trinajstić information content (AvgIpc) is 2.87. The number of carbonyl (C=O) groups excluding carboxylic acids is 1. The molecule has 0 bridgehead atoms. The van der Waals surface area contributed by atoms with Crippen molar-refractivity contribution in [3.63, 3.8) is 0 Å². The molecule has 0 unspecified atom stereocenters. The molecule has 37 heavy (non-hydrogen) atoms. The maximum absolute atomic E-state index is 13.5. The highest BCUT2D eigenvalue weighted by Crippen LogP contribution is 2.38. The van der Waals surface area contributed by atoms with Crippen molar-refractivity contribution in [3.8, 4) is 11.5 Å². The first-order valence-electron chi connectivity index (χ1n) is 10.8. The number of carbonyl (C=O) groups is 1. The number of nitrogens with zero attached hydrogens (tertiary/aromatic N) is 1. The minimum absolute atomic E-state index is 0.195. The Labute approximate surface area is 217 Å². The number of methoxy groups -OCH3 is 2. The highest BCUT2D eigenvalue weighted by molar-refractivity contribution is 7.92. The van der Waals surface area contributed by atoms with Crippen LogP contribution in [0.1, 0.15) is 24.1 Å². The number of ether oxygens (including phenoxy) is 2. The van der Waals surface area contributed by atoms with Crippen LogP contribution in [0.4, 0.5) is 18.9 Å². The summed E-state index contributed by atoms with van der Waals surface area (Å²) in [4.78, 5) is 12.8. The van der Waals surface area contributed by atoms with Crippen molar-refractivity contribution < 1.29 is 35.9 Å². The van der Waals surface area contributed by atoms with E-state index in [-0.39, 0.29) is 10.6 Å². The van der Waals surface area contributed by atoms with Gasteiger partial charge in [-0.1, -0.05) is 35.9 Å². The zero-order valence-corrected chi connectivity index (χ0v) is 21.6. The fourth-order valence-electron chi connectivity index (χ4n) is 3.54. The van der Waals surface area contributed by atoms with E-state index in [4.69, 9.17) is 21.1 Å². The smallest absolute Gasteiger partial charge is 0.417 e. The van der Waals surface area contributed by atoms with Gasteiger partial charge in [-0.15, -0.1) is 0 Å². The Balaban J connectivity index is 1.96. The lowest BCUT2D eigenvalue weighted by atomic mass is 10.1. The predicted molar refractivity (Wildman–Crippen MR) is 134 cm³/mol. The molecule has 7 nitrogen and oxygen atoms in total. The van der Waals surface area contributed by atoms with Crippen molar-refractivity contribution >= 4 is 33.2 Å². The molecule has 0 saturated carbocycles. The van der Waals surface area contributed by atoms with Crippen LogP contribution < -0.4 is 19.1 Å². The molecule has 3 aromatic carbocycles. The van der Waals surface area contributed by atoms with Crippen LogP contribution in [0.5, 0.6) is 11.5 Å². The summed E-state index contributed by atoms with van der Waals surface area (Å²) in [5.41, 5.74) is -0.956. The number of nitrogens with one attached hydrogen (secondary N) is 1. The Kier molecular flexibility index (Phi) is 8.60. The third kappa shape index (κ3) is 6.47. The second-order valence-electron chi connectivity index (χ2n) is 7.89. The van der Waals surface area contributed by atoms with Gasteiger partial charge in [0.1, 0.15) is 6.54 Å². The number of hydrogen-bond acceptors (Lipinski definition) is 5. The molecule has 0 heterocycles. The maximum Gasteiger partial charge on any atom is 0.417 e. The molecule has 1 N–H and O–H groups in total. The lowest BCUT2D eigenvalue weighted by Crippen LogP contribution is -2.41. The Morgan fingerprint density at radius 2 is 1.65 bits per heavy atom. The SMILES string of the molecule is COc1ccc([C@H](C)NC(=O)CN(c2ccc(Cl)c(C(F)(F)F)c2)S(=O)(=O)c2ccccc2)cc1OC. The second kappa shape index (κ2) is 11.3. The number of hydrogen-bond donors (Lipinski definition) is 1. The molecular formula is C25H24ClF3N2O5S. The van der Waals surface area contributed by atoms with Crippen LogP contribution in [-0.2, 0) is 21.0 Å². The topological polar surface area (TPSA) is 84.9 Å². The van der Waals surface area contributed by atoms with E-state index in [1.165, 1.54) is 38.5 Å². The van der Waals surface area contributed by atoms with Crippen LogP contribution in [0.15, 0.2) is 71.6 Å². The normalized spacial score (nSPS) is 12.5. The van der Waals surface area contributed by atoms with E-state index in [1.807, 2.05) is 0 Å². The van der Waals surface area contributed by atoms with Gasteiger partial charge in [0.2, 0.25) is 5.91 Å². The third-order valence-electron chi connectivity index (χ3n) is 5.45. The molecule has 198 valence electrons. The summed E-state index contributed by atoms with van der Waals surface area (Å²) in [7, 11) is -1.48. The van der Waals surface area contributed by atoms with Gasteiger partial charge < -0.3 is 14.8 Å². The lowest BCUT2D eigenvalue weighted by molar-refractivity contribution is -0.137. The van der Waals surface area contributed by atoms with Crippen LogP contribution in [0, 0.1) is 0 Å². The van der Waals surface area contributed by atoms with E-state index in [0.717, 1.165) is 12.1 Å². The maximum atomic E-state index is 13.5. The van der Waals surface area contributed by atoms with E-state index in [9.17, 15) is 26.4 Å². The number of halogens is 4. The van der Waals surface area contributed by atoms with Gasteiger partial charge in [0.25, 0.3) is 10.0 Å². The first-order chi connectivity index (χ1) is 17.4. The summed E-state index contributed by atoms with van der Waals surface area (Å²) in [6.45, 7) is 0.882. The molecule has 0 radical (unpaired) electrons. The van der Waals surface area contributed by atoms with E-state index >= 15 is 0 Å². The lowest BCUT2D eigenvalue weighted by Gasteiger charge is -2.26. The second-order valence-corrected chi connectivity index (χ2v) is 10.2. The Morgan fingerprint density at radius 3 is 2.24 bits per heavy atom. The quantitative estimate of drug-likeness (QED) is 0.379. The molecule has 3 aromatic rings. The van der Waals surface area contributed by atoms with Crippen LogP contribution in [0.25, 0.3) is 0 Å². The Morgan fingerprint density at radius 1 is 1.00 bits per heavy atom. The molecule has 3 rings (SSSR count). The van der Waals surface area contributed by atoms with Gasteiger partial charge in [-0.05, 0) is 55.0 Å². The van der Waals surface area contributed by atoms with Gasteiger partial charge in [-0.25, -0.2) is 8.42 Å². The van der Waals surface area contributed by atoms with E-state index < -0.39 is 45.3 Å².